The zero-order chi connectivity index (χ0) is 16.4. The van der Waals surface area contributed by atoms with Crippen molar-refractivity contribution in [2.24, 2.45) is 0 Å². The summed E-state index contributed by atoms with van der Waals surface area (Å²) in [7, 11) is 0. The first kappa shape index (κ1) is 16.5. The molecule has 114 valence electrons. The van der Waals surface area contributed by atoms with Crippen LogP contribution in [0.1, 0.15) is 43.9 Å². The van der Waals surface area contributed by atoms with Gasteiger partial charge in [0, 0.05) is 0 Å². The van der Waals surface area contributed by atoms with Crippen LogP contribution in [-0.2, 0) is 30.7 Å². The first-order chi connectivity index (χ1) is 11.0. The van der Waals surface area contributed by atoms with Crippen LogP contribution < -0.4 is 0 Å². The van der Waals surface area contributed by atoms with Crippen molar-refractivity contribution < 1.29 is 24.2 Å². The Labute approximate surface area is 154 Å². The van der Waals surface area contributed by atoms with Gasteiger partial charge in [-0.25, -0.2) is 0 Å². The summed E-state index contributed by atoms with van der Waals surface area (Å²) in [6.45, 7) is 6.41. The SMILES string of the molecule is CC1=CCC(c2[c-]c3c(cc2)-c2ccccc2C3)=C1.C[C](C)=[Zr]. The Hall–Kier alpha value is -1.33. The Balaban J connectivity index is 0.000000354. The molecule has 4 rings (SSSR count). The second kappa shape index (κ2) is 7.06. The molecule has 0 atom stereocenters. The molecule has 0 saturated heterocycles. The average molecular weight is 377 g/mol. The number of allylic oxidation sites excluding steroid dienone is 4. The van der Waals surface area contributed by atoms with Crippen LogP contribution in [-0.4, -0.2) is 3.21 Å². The zero-order valence-electron chi connectivity index (χ0n) is 14.0. The third kappa shape index (κ3) is 3.78. The normalized spacial score (nSPS) is 14.2. The van der Waals surface area contributed by atoms with E-state index in [0.717, 1.165) is 12.8 Å². The van der Waals surface area contributed by atoms with Crippen molar-refractivity contribution in [2.75, 3.05) is 0 Å². The van der Waals surface area contributed by atoms with Gasteiger partial charge >= 0.3 is 41.3 Å². The van der Waals surface area contributed by atoms with Crippen LogP contribution >= 0.6 is 0 Å². The fraction of sp³-hybridized carbons (Fsp3) is 0.227. The van der Waals surface area contributed by atoms with Crippen LogP contribution in [0.5, 0.6) is 0 Å². The number of rotatable bonds is 1. The van der Waals surface area contributed by atoms with E-state index in [0.29, 0.717) is 0 Å². The van der Waals surface area contributed by atoms with E-state index in [4.69, 9.17) is 0 Å². The maximum atomic E-state index is 3.63. The molecule has 0 amide bonds. The minimum absolute atomic E-state index is 1.03. The van der Waals surface area contributed by atoms with Gasteiger partial charge in [0.1, 0.15) is 0 Å². The van der Waals surface area contributed by atoms with Crippen molar-refractivity contribution >= 4 is 8.78 Å². The molecule has 2 aromatic rings. The van der Waals surface area contributed by atoms with E-state index >= 15 is 0 Å². The van der Waals surface area contributed by atoms with Gasteiger partial charge in [-0.2, -0.15) is 0 Å². The minimum atomic E-state index is 1.03. The zero-order valence-corrected chi connectivity index (χ0v) is 16.5. The van der Waals surface area contributed by atoms with E-state index in [9.17, 15) is 0 Å². The molecule has 0 N–H and O–H groups in total. The van der Waals surface area contributed by atoms with Crippen LogP contribution in [0.3, 0.4) is 0 Å². The van der Waals surface area contributed by atoms with Gasteiger partial charge in [0.2, 0.25) is 0 Å². The molecule has 2 aromatic carbocycles. The van der Waals surface area contributed by atoms with E-state index in [1.807, 2.05) is 0 Å². The molecule has 23 heavy (non-hydrogen) atoms. The predicted octanol–water partition coefficient (Wildman–Crippen LogP) is 5.54. The number of benzene rings is 2. The van der Waals surface area contributed by atoms with E-state index in [-0.39, 0.29) is 0 Å². The molecule has 0 saturated carbocycles. The summed E-state index contributed by atoms with van der Waals surface area (Å²) in [5.74, 6) is 0. The molecular weight excluding hydrogens is 355 g/mol. The molecule has 0 fully saturated rings. The molecule has 0 aliphatic heterocycles. The predicted molar refractivity (Wildman–Crippen MR) is 96.2 cm³/mol. The van der Waals surface area contributed by atoms with Crippen molar-refractivity contribution in [3.05, 3.63) is 76.9 Å². The van der Waals surface area contributed by atoms with Crippen molar-refractivity contribution in [2.45, 2.75) is 33.6 Å². The second-order valence-corrected chi connectivity index (χ2v) is 8.88. The molecule has 0 unspecified atom stereocenters. The summed E-state index contributed by atoms with van der Waals surface area (Å²) in [4.78, 5) is 0. The second-order valence-electron chi connectivity index (χ2n) is 6.42. The van der Waals surface area contributed by atoms with E-state index in [1.165, 1.54) is 42.2 Å². The van der Waals surface area contributed by atoms with Gasteiger partial charge in [-0.15, -0.1) is 34.9 Å². The summed E-state index contributed by atoms with van der Waals surface area (Å²) in [5, 5.41) is 0. The van der Waals surface area contributed by atoms with Gasteiger partial charge in [-0.05, 0) is 25.3 Å². The maximum absolute atomic E-state index is 3.63. The van der Waals surface area contributed by atoms with Crippen molar-refractivity contribution in [1.29, 1.82) is 0 Å². The third-order valence-electron chi connectivity index (χ3n) is 4.09. The number of hydrogen-bond acceptors (Lipinski definition) is 0. The Morgan fingerprint density at radius 3 is 2.48 bits per heavy atom. The topological polar surface area (TPSA) is 0 Å². The Morgan fingerprint density at radius 2 is 1.78 bits per heavy atom. The van der Waals surface area contributed by atoms with Gasteiger partial charge in [-0.3, -0.25) is 0 Å². The third-order valence-corrected chi connectivity index (χ3v) is 4.09. The summed E-state index contributed by atoms with van der Waals surface area (Å²) in [5.41, 5.74) is 9.56. The molecule has 2 aliphatic carbocycles. The van der Waals surface area contributed by atoms with E-state index < -0.39 is 0 Å². The Morgan fingerprint density at radius 1 is 1.04 bits per heavy atom. The molecule has 0 nitrogen and oxygen atoms in total. The molecule has 2 aliphatic rings. The monoisotopic (exact) mass is 375 g/mol. The number of hydrogen-bond donors (Lipinski definition) is 0. The quantitative estimate of drug-likeness (QED) is 0.489. The molecule has 0 heterocycles. The van der Waals surface area contributed by atoms with Gasteiger partial charge in [0.15, 0.2) is 0 Å². The molecule has 0 bridgehead atoms. The van der Waals surface area contributed by atoms with Gasteiger partial charge in [0.25, 0.3) is 0 Å². The summed E-state index contributed by atoms with van der Waals surface area (Å²) < 4.78 is 1.51. The van der Waals surface area contributed by atoms with Gasteiger partial charge in [-0.1, -0.05) is 53.1 Å². The number of fused-ring (bicyclic) bond motifs is 3. The fourth-order valence-electron chi connectivity index (χ4n) is 3.10. The standard InChI is InChI=1S/C19H15.C3H6.Zr/c1-13-6-7-14(10-13)15-8-9-19-17(11-15)12-16-4-2-3-5-18(16)19;1-3-2;/h2-6,8-10H,7,12H2,1H3;1-2H3;/q-1;;. The van der Waals surface area contributed by atoms with Crippen LogP contribution in [0.2, 0.25) is 0 Å². The van der Waals surface area contributed by atoms with E-state index in [2.05, 4.69) is 75.4 Å². The van der Waals surface area contributed by atoms with Crippen LogP contribution in [0, 0.1) is 6.07 Å². The summed E-state index contributed by atoms with van der Waals surface area (Å²) >= 11 is 1.55. The van der Waals surface area contributed by atoms with Gasteiger partial charge < -0.3 is 0 Å². The van der Waals surface area contributed by atoms with Crippen LogP contribution in [0.15, 0.2) is 54.1 Å². The summed E-state index contributed by atoms with van der Waals surface area (Å²) in [6, 6.07) is 16.8. The van der Waals surface area contributed by atoms with Crippen molar-refractivity contribution in [1.82, 2.24) is 0 Å². The fourth-order valence-corrected chi connectivity index (χ4v) is 3.10. The molecule has 0 spiro atoms. The van der Waals surface area contributed by atoms with Crippen LogP contribution in [0.4, 0.5) is 0 Å². The van der Waals surface area contributed by atoms with E-state index in [1.54, 1.807) is 24.2 Å². The average Bonchev–Trinajstić information content (AvgIpc) is 3.09. The Kier molecular flexibility index (Phi) is 5.07. The molecule has 0 radical (unpaired) electrons. The van der Waals surface area contributed by atoms with Crippen molar-refractivity contribution in [3.8, 4) is 11.1 Å². The summed E-state index contributed by atoms with van der Waals surface area (Å²) in [6.07, 6.45) is 6.64. The first-order valence-electron chi connectivity index (χ1n) is 8.07. The Bertz CT molecular complexity index is 818. The first-order valence-corrected chi connectivity index (χ1v) is 9.30. The molecule has 0 aromatic heterocycles. The molecule has 1 heteroatoms. The van der Waals surface area contributed by atoms with Crippen molar-refractivity contribution in [3.63, 3.8) is 0 Å². The van der Waals surface area contributed by atoms with Crippen LogP contribution in [0.25, 0.3) is 16.7 Å². The molecular formula is C22H21Zr-. The van der Waals surface area contributed by atoms with Gasteiger partial charge in [0.05, 0.1) is 0 Å².